The van der Waals surface area contributed by atoms with Gasteiger partial charge in [-0.25, -0.2) is 5.43 Å². The maximum absolute atomic E-state index is 12.3. The molecule has 0 fully saturated rings. The van der Waals surface area contributed by atoms with E-state index in [0.717, 1.165) is 11.1 Å². The van der Waals surface area contributed by atoms with Gasteiger partial charge in [0.15, 0.2) is 0 Å². The first-order valence-electron chi connectivity index (χ1n) is 8.14. The highest BCUT2D eigenvalue weighted by atomic mass is 35.5. The molecule has 1 amide bonds. The van der Waals surface area contributed by atoms with Crippen molar-refractivity contribution in [2.24, 2.45) is 5.10 Å². The summed E-state index contributed by atoms with van der Waals surface area (Å²) in [6.07, 6.45) is 3.84. The number of halogens is 1. The van der Waals surface area contributed by atoms with Crippen LogP contribution in [0.4, 0.5) is 0 Å². The minimum atomic E-state index is -0.289. The number of nitrogens with zero attached hydrogens (tertiary/aromatic N) is 1. The Kier molecular flexibility index (Phi) is 5.96. The molecule has 3 aromatic rings. The molecule has 0 spiro atoms. The van der Waals surface area contributed by atoms with Crippen LogP contribution in [-0.4, -0.2) is 11.6 Å². The van der Waals surface area contributed by atoms with Crippen LogP contribution in [0.25, 0.3) is 6.08 Å². The molecule has 0 aliphatic rings. The van der Waals surface area contributed by atoms with E-state index in [1.807, 2.05) is 72.8 Å². The van der Waals surface area contributed by atoms with Crippen molar-refractivity contribution in [3.63, 3.8) is 0 Å². The molecular weight excluding hydrogens is 344 g/mol. The average Bonchev–Trinajstić information content (AvgIpc) is 2.70. The minimum absolute atomic E-state index is 0.289. The van der Waals surface area contributed by atoms with Crippen LogP contribution in [0.5, 0.6) is 0 Å². The lowest BCUT2D eigenvalue weighted by atomic mass is 10.1. The lowest BCUT2D eigenvalue weighted by Crippen LogP contribution is -2.19. The normalized spacial score (nSPS) is 11.5. The number of amides is 1. The summed E-state index contributed by atoms with van der Waals surface area (Å²) < 4.78 is 0. The van der Waals surface area contributed by atoms with Gasteiger partial charge < -0.3 is 0 Å². The largest absolute Gasteiger partial charge is 0.271 e. The second-order valence-electron chi connectivity index (χ2n) is 5.55. The second kappa shape index (κ2) is 8.79. The van der Waals surface area contributed by atoms with E-state index in [2.05, 4.69) is 10.5 Å². The Labute approximate surface area is 157 Å². The van der Waals surface area contributed by atoms with E-state index in [9.17, 15) is 4.79 Å². The fraction of sp³-hybridized carbons (Fsp3) is 0. The zero-order chi connectivity index (χ0) is 18.2. The second-order valence-corrected chi connectivity index (χ2v) is 5.99. The number of hydrogen-bond donors (Lipinski definition) is 1. The molecule has 128 valence electrons. The van der Waals surface area contributed by atoms with Gasteiger partial charge in [-0.05, 0) is 35.9 Å². The van der Waals surface area contributed by atoms with Gasteiger partial charge in [-0.15, -0.1) is 0 Å². The molecule has 3 aromatic carbocycles. The number of hydrazone groups is 1. The Morgan fingerprint density at radius 2 is 1.42 bits per heavy atom. The summed E-state index contributed by atoms with van der Waals surface area (Å²) in [5.41, 5.74) is 5.74. The Bertz CT molecular complexity index is 917. The Balaban J connectivity index is 1.83. The molecule has 0 aliphatic carbocycles. The van der Waals surface area contributed by atoms with Crippen molar-refractivity contribution < 1.29 is 4.79 Å². The standard InChI is InChI=1S/C22H17ClN2O/c23-20-14-12-19(13-15-20)22(26)25-24-21(18-9-5-2-6-10-18)16-11-17-7-3-1-4-8-17/h1-16H,(H,25,26)/b16-11-,24-21+. The van der Waals surface area contributed by atoms with E-state index in [4.69, 9.17) is 11.6 Å². The van der Waals surface area contributed by atoms with Gasteiger partial charge in [0.1, 0.15) is 0 Å². The van der Waals surface area contributed by atoms with E-state index >= 15 is 0 Å². The van der Waals surface area contributed by atoms with Crippen molar-refractivity contribution in [2.45, 2.75) is 0 Å². The quantitative estimate of drug-likeness (QED) is 0.494. The van der Waals surface area contributed by atoms with Crippen LogP contribution in [-0.2, 0) is 0 Å². The molecule has 0 bridgehead atoms. The van der Waals surface area contributed by atoms with Crippen LogP contribution in [0.3, 0.4) is 0 Å². The van der Waals surface area contributed by atoms with E-state index in [-0.39, 0.29) is 5.91 Å². The molecule has 0 aromatic heterocycles. The van der Waals surface area contributed by atoms with E-state index in [0.29, 0.717) is 16.3 Å². The van der Waals surface area contributed by atoms with Crippen molar-refractivity contribution in [1.82, 2.24) is 5.43 Å². The summed E-state index contributed by atoms with van der Waals surface area (Å²) in [7, 11) is 0. The fourth-order valence-corrected chi connectivity index (χ4v) is 2.45. The fourth-order valence-electron chi connectivity index (χ4n) is 2.32. The van der Waals surface area contributed by atoms with Crippen LogP contribution in [0.15, 0.2) is 96.1 Å². The Morgan fingerprint density at radius 1 is 0.808 bits per heavy atom. The number of rotatable bonds is 5. The first kappa shape index (κ1) is 17.6. The SMILES string of the molecule is O=C(N/N=C(\C=C/c1ccccc1)c1ccccc1)c1ccc(Cl)cc1. The Morgan fingerprint density at radius 3 is 2.08 bits per heavy atom. The highest BCUT2D eigenvalue weighted by Gasteiger charge is 2.05. The summed E-state index contributed by atoms with van der Waals surface area (Å²) in [5, 5.41) is 4.89. The van der Waals surface area contributed by atoms with Crippen LogP contribution >= 0.6 is 11.6 Å². The molecule has 0 radical (unpaired) electrons. The van der Waals surface area contributed by atoms with Crippen molar-refractivity contribution in [3.05, 3.63) is 113 Å². The van der Waals surface area contributed by atoms with E-state index in [1.165, 1.54) is 0 Å². The molecular formula is C22H17ClN2O. The maximum Gasteiger partial charge on any atom is 0.271 e. The van der Waals surface area contributed by atoms with Gasteiger partial charge in [0.25, 0.3) is 5.91 Å². The molecule has 3 rings (SSSR count). The number of carbonyl (C=O) groups is 1. The van der Waals surface area contributed by atoms with Crippen LogP contribution in [0, 0.1) is 0 Å². The van der Waals surface area contributed by atoms with Crippen LogP contribution < -0.4 is 5.43 Å². The van der Waals surface area contributed by atoms with Crippen molar-refractivity contribution in [3.8, 4) is 0 Å². The highest BCUT2D eigenvalue weighted by molar-refractivity contribution is 6.30. The van der Waals surface area contributed by atoms with Gasteiger partial charge in [-0.3, -0.25) is 4.79 Å². The van der Waals surface area contributed by atoms with Gasteiger partial charge in [0.2, 0.25) is 0 Å². The van der Waals surface area contributed by atoms with Gasteiger partial charge in [-0.2, -0.15) is 5.10 Å². The monoisotopic (exact) mass is 360 g/mol. The summed E-state index contributed by atoms with van der Waals surface area (Å²) >= 11 is 5.85. The number of allylic oxidation sites excluding steroid dienone is 1. The third kappa shape index (κ3) is 4.91. The van der Waals surface area contributed by atoms with Crippen molar-refractivity contribution in [1.29, 1.82) is 0 Å². The zero-order valence-electron chi connectivity index (χ0n) is 14.0. The summed E-state index contributed by atoms with van der Waals surface area (Å²) in [4.78, 5) is 12.3. The molecule has 0 saturated carbocycles. The minimum Gasteiger partial charge on any atom is -0.267 e. The molecule has 0 heterocycles. The molecule has 0 aliphatic heterocycles. The van der Waals surface area contributed by atoms with E-state index in [1.54, 1.807) is 24.3 Å². The van der Waals surface area contributed by atoms with Gasteiger partial charge >= 0.3 is 0 Å². The number of hydrogen-bond acceptors (Lipinski definition) is 2. The molecule has 4 heteroatoms. The third-order valence-corrected chi connectivity index (χ3v) is 3.94. The molecule has 26 heavy (non-hydrogen) atoms. The summed E-state index contributed by atoms with van der Waals surface area (Å²) in [5.74, 6) is -0.289. The average molecular weight is 361 g/mol. The first-order valence-corrected chi connectivity index (χ1v) is 8.52. The van der Waals surface area contributed by atoms with Crippen LogP contribution in [0.2, 0.25) is 5.02 Å². The predicted molar refractivity (Wildman–Crippen MR) is 107 cm³/mol. The summed E-state index contributed by atoms with van der Waals surface area (Å²) in [6.45, 7) is 0. The summed E-state index contributed by atoms with van der Waals surface area (Å²) in [6, 6.07) is 26.3. The number of carbonyl (C=O) groups excluding carboxylic acids is 1. The molecule has 3 nitrogen and oxygen atoms in total. The Hall–Kier alpha value is -3.17. The third-order valence-electron chi connectivity index (χ3n) is 3.69. The topological polar surface area (TPSA) is 41.5 Å². The molecule has 0 unspecified atom stereocenters. The van der Waals surface area contributed by atoms with E-state index < -0.39 is 0 Å². The highest BCUT2D eigenvalue weighted by Crippen LogP contribution is 2.10. The number of benzene rings is 3. The smallest absolute Gasteiger partial charge is 0.267 e. The number of nitrogens with one attached hydrogen (secondary N) is 1. The molecule has 1 N–H and O–H groups in total. The van der Waals surface area contributed by atoms with Gasteiger partial charge in [0.05, 0.1) is 5.71 Å². The first-order chi connectivity index (χ1) is 12.7. The lowest BCUT2D eigenvalue weighted by Gasteiger charge is -2.04. The van der Waals surface area contributed by atoms with Gasteiger partial charge in [-0.1, -0.05) is 78.3 Å². The molecule has 0 saturated heterocycles. The van der Waals surface area contributed by atoms with Crippen molar-refractivity contribution >= 4 is 29.3 Å². The van der Waals surface area contributed by atoms with Crippen molar-refractivity contribution in [2.75, 3.05) is 0 Å². The maximum atomic E-state index is 12.3. The lowest BCUT2D eigenvalue weighted by molar-refractivity contribution is 0.0955. The van der Waals surface area contributed by atoms with Gasteiger partial charge in [0, 0.05) is 16.1 Å². The predicted octanol–water partition coefficient (Wildman–Crippen LogP) is 5.19. The zero-order valence-corrected chi connectivity index (χ0v) is 14.7. The van der Waals surface area contributed by atoms with Crippen LogP contribution in [0.1, 0.15) is 21.5 Å². The molecule has 0 atom stereocenters.